The van der Waals surface area contributed by atoms with Crippen LogP contribution in [0.4, 0.5) is 5.82 Å². The van der Waals surface area contributed by atoms with Gasteiger partial charge in [-0.1, -0.05) is 11.6 Å². The van der Waals surface area contributed by atoms with E-state index in [2.05, 4.69) is 11.8 Å². The van der Waals surface area contributed by atoms with Crippen LogP contribution in [-0.2, 0) is 0 Å². The Morgan fingerprint density at radius 1 is 1.20 bits per heavy atom. The van der Waals surface area contributed by atoms with Crippen LogP contribution in [-0.4, -0.2) is 57.2 Å². The normalized spacial score (nSPS) is 20.7. The predicted octanol–water partition coefficient (Wildman–Crippen LogP) is 4.38. The van der Waals surface area contributed by atoms with E-state index in [1.54, 1.807) is 18.2 Å². The monoisotopic (exact) mass is 496 g/mol. The van der Waals surface area contributed by atoms with Gasteiger partial charge in [0, 0.05) is 48.5 Å². The summed E-state index contributed by atoms with van der Waals surface area (Å²) < 4.78 is 7.76. The maximum Gasteiger partial charge on any atom is 0.258 e. The van der Waals surface area contributed by atoms with Crippen LogP contribution in [0.15, 0.2) is 30.5 Å². The molecule has 2 saturated heterocycles. The minimum atomic E-state index is -0.132. The van der Waals surface area contributed by atoms with Gasteiger partial charge in [0.1, 0.15) is 11.6 Å². The second-order valence-corrected chi connectivity index (χ2v) is 10.4. The van der Waals surface area contributed by atoms with Crippen molar-refractivity contribution in [1.29, 1.82) is 0 Å². The van der Waals surface area contributed by atoms with Crippen LogP contribution in [0.3, 0.4) is 0 Å². The molecule has 186 valence electrons. The molecule has 0 aliphatic carbocycles. The second-order valence-electron chi connectivity index (χ2n) is 9.93. The molecule has 2 atom stereocenters. The van der Waals surface area contributed by atoms with E-state index in [0.717, 1.165) is 61.5 Å². The standard InChI is InChI=1S/C26H33ClN6O2/c1-16(2)35-23-8-7-18(27)12-20(23)26(34)32-10-5-4-6-22(32)21-13-24-29-25(17(3)14-33(24)30-21)31-11-9-19(28)15-31/h7-8,12-14,16,19,22H,4-6,9-11,15,28H2,1-3H3. The van der Waals surface area contributed by atoms with E-state index in [1.807, 2.05) is 35.5 Å². The zero-order valence-corrected chi connectivity index (χ0v) is 21.3. The zero-order valence-electron chi connectivity index (χ0n) is 20.6. The van der Waals surface area contributed by atoms with Gasteiger partial charge >= 0.3 is 0 Å². The molecule has 3 aromatic rings. The molecular formula is C26H33ClN6O2. The van der Waals surface area contributed by atoms with Gasteiger partial charge in [-0.05, 0) is 64.7 Å². The summed E-state index contributed by atoms with van der Waals surface area (Å²) in [5, 5.41) is 5.37. The number of halogens is 1. The van der Waals surface area contributed by atoms with Crippen molar-refractivity contribution in [2.45, 2.75) is 64.6 Å². The number of likely N-dealkylation sites (tertiary alicyclic amines) is 1. The maximum absolute atomic E-state index is 13.8. The average molecular weight is 497 g/mol. The second kappa shape index (κ2) is 9.66. The lowest BCUT2D eigenvalue weighted by Gasteiger charge is -2.35. The number of carbonyl (C=O) groups excluding carboxylic acids is 1. The van der Waals surface area contributed by atoms with Crippen molar-refractivity contribution in [3.05, 3.63) is 52.3 Å². The number of hydrogen-bond acceptors (Lipinski definition) is 6. The van der Waals surface area contributed by atoms with E-state index in [9.17, 15) is 4.79 Å². The molecule has 2 aliphatic rings. The first-order valence-corrected chi connectivity index (χ1v) is 12.8. The molecule has 0 bridgehead atoms. The number of anilines is 1. The third kappa shape index (κ3) is 4.82. The predicted molar refractivity (Wildman–Crippen MR) is 137 cm³/mol. The van der Waals surface area contributed by atoms with E-state index >= 15 is 0 Å². The highest BCUT2D eigenvalue weighted by molar-refractivity contribution is 6.31. The number of carbonyl (C=O) groups is 1. The molecule has 2 aromatic heterocycles. The highest BCUT2D eigenvalue weighted by Crippen LogP contribution is 2.35. The molecule has 9 heteroatoms. The fourth-order valence-corrected chi connectivity index (χ4v) is 5.32. The van der Waals surface area contributed by atoms with Crippen molar-refractivity contribution in [3.8, 4) is 5.75 Å². The molecule has 0 radical (unpaired) electrons. The van der Waals surface area contributed by atoms with E-state index in [1.165, 1.54) is 0 Å². The van der Waals surface area contributed by atoms with Crippen LogP contribution in [0.2, 0.25) is 5.02 Å². The van der Waals surface area contributed by atoms with Gasteiger partial charge in [0.05, 0.1) is 23.4 Å². The molecule has 8 nitrogen and oxygen atoms in total. The number of nitrogens with two attached hydrogens (primary N) is 1. The van der Waals surface area contributed by atoms with Gasteiger partial charge in [0.15, 0.2) is 5.65 Å². The number of benzene rings is 1. The van der Waals surface area contributed by atoms with E-state index in [-0.39, 0.29) is 24.1 Å². The van der Waals surface area contributed by atoms with Crippen LogP contribution < -0.4 is 15.4 Å². The first-order valence-electron chi connectivity index (χ1n) is 12.4. The smallest absolute Gasteiger partial charge is 0.258 e. The van der Waals surface area contributed by atoms with Gasteiger partial charge in [-0.25, -0.2) is 9.50 Å². The van der Waals surface area contributed by atoms with Crippen LogP contribution in [0.5, 0.6) is 5.75 Å². The molecule has 2 fully saturated rings. The van der Waals surface area contributed by atoms with Gasteiger partial charge in [-0.3, -0.25) is 4.79 Å². The summed E-state index contributed by atoms with van der Waals surface area (Å²) in [6, 6.07) is 7.30. The molecule has 1 aromatic carbocycles. The number of fused-ring (bicyclic) bond motifs is 1. The minimum absolute atomic E-state index is 0.0491. The van der Waals surface area contributed by atoms with E-state index < -0.39 is 0 Å². The van der Waals surface area contributed by atoms with Gasteiger partial charge in [0.25, 0.3) is 5.91 Å². The van der Waals surface area contributed by atoms with E-state index in [0.29, 0.717) is 22.9 Å². The molecular weight excluding hydrogens is 464 g/mol. The number of aromatic nitrogens is 3. The number of ether oxygens (including phenoxy) is 1. The summed E-state index contributed by atoms with van der Waals surface area (Å²) in [6.07, 6.45) is 5.78. The van der Waals surface area contributed by atoms with Crippen molar-refractivity contribution >= 4 is 29.0 Å². The fraction of sp³-hybridized carbons (Fsp3) is 0.500. The Morgan fingerprint density at radius 3 is 2.77 bits per heavy atom. The Labute approximate surface area is 211 Å². The Bertz CT molecular complexity index is 1240. The number of nitrogens with zero attached hydrogens (tertiary/aromatic N) is 5. The molecule has 2 unspecified atom stereocenters. The zero-order chi connectivity index (χ0) is 24.7. The maximum atomic E-state index is 13.8. The molecule has 0 saturated carbocycles. The van der Waals surface area contributed by atoms with Crippen LogP contribution in [0, 0.1) is 6.92 Å². The van der Waals surface area contributed by atoms with Crippen molar-refractivity contribution in [3.63, 3.8) is 0 Å². The number of piperidine rings is 1. The first-order chi connectivity index (χ1) is 16.8. The minimum Gasteiger partial charge on any atom is -0.490 e. The van der Waals surface area contributed by atoms with Crippen molar-refractivity contribution in [1.82, 2.24) is 19.5 Å². The summed E-state index contributed by atoms with van der Waals surface area (Å²) in [4.78, 5) is 22.9. The third-order valence-corrected chi connectivity index (χ3v) is 7.02. The average Bonchev–Trinajstić information content (AvgIpc) is 3.44. The highest BCUT2D eigenvalue weighted by Gasteiger charge is 2.32. The molecule has 35 heavy (non-hydrogen) atoms. The molecule has 0 spiro atoms. The third-order valence-electron chi connectivity index (χ3n) is 6.79. The van der Waals surface area contributed by atoms with Gasteiger partial charge < -0.3 is 20.3 Å². The van der Waals surface area contributed by atoms with Gasteiger partial charge in [0.2, 0.25) is 0 Å². The summed E-state index contributed by atoms with van der Waals surface area (Å²) in [5.41, 5.74) is 9.31. The lowest BCUT2D eigenvalue weighted by Crippen LogP contribution is -2.39. The lowest BCUT2D eigenvalue weighted by molar-refractivity contribution is 0.0600. The van der Waals surface area contributed by atoms with Gasteiger partial charge in [-0.15, -0.1) is 0 Å². The topological polar surface area (TPSA) is 89.0 Å². The van der Waals surface area contributed by atoms with E-state index in [4.69, 9.17) is 32.2 Å². The summed E-state index contributed by atoms with van der Waals surface area (Å²) in [6.45, 7) is 8.34. The fourth-order valence-electron chi connectivity index (χ4n) is 5.14. The Balaban J connectivity index is 1.47. The largest absolute Gasteiger partial charge is 0.490 e. The summed E-state index contributed by atoms with van der Waals surface area (Å²) in [7, 11) is 0. The number of hydrogen-bond donors (Lipinski definition) is 1. The molecule has 2 aliphatic heterocycles. The van der Waals surface area contributed by atoms with Crippen LogP contribution in [0.1, 0.15) is 67.2 Å². The lowest BCUT2D eigenvalue weighted by atomic mass is 9.98. The Hall–Kier alpha value is -2.84. The number of aryl methyl sites for hydroxylation is 1. The SMILES string of the molecule is Cc1cn2nc(C3CCCCN3C(=O)c3cc(Cl)ccc3OC(C)C)cc2nc1N1CCC(N)C1. The quantitative estimate of drug-likeness (QED) is 0.563. The van der Waals surface area contributed by atoms with Crippen molar-refractivity contribution < 1.29 is 9.53 Å². The van der Waals surface area contributed by atoms with Crippen molar-refractivity contribution in [2.24, 2.45) is 5.73 Å². The van der Waals surface area contributed by atoms with Gasteiger partial charge in [-0.2, -0.15) is 5.10 Å². The summed E-state index contributed by atoms with van der Waals surface area (Å²) >= 11 is 6.27. The molecule has 5 rings (SSSR count). The first kappa shape index (κ1) is 23.9. The number of amides is 1. The Morgan fingerprint density at radius 2 is 2.03 bits per heavy atom. The molecule has 4 heterocycles. The Kier molecular flexibility index (Phi) is 6.59. The van der Waals surface area contributed by atoms with Crippen LogP contribution >= 0.6 is 11.6 Å². The number of rotatable bonds is 5. The molecule has 2 N–H and O–H groups in total. The molecule has 1 amide bonds. The summed E-state index contributed by atoms with van der Waals surface area (Å²) in [5.74, 6) is 1.43. The van der Waals surface area contributed by atoms with Crippen molar-refractivity contribution in [2.75, 3.05) is 24.5 Å². The highest BCUT2D eigenvalue weighted by atomic mass is 35.5. The van der Waals surface area contributed by atoms with Crippen LogP contribution in [0.25, 0.3) is 5.65 Å².